The van der Waals surface area contributed by atoms with E-state index in [0.717, 1.165) is 13.0 Å². The molecule has 0 saturated carbocycles. The van der Waals surface area contributed by atoms with Crippen LogP contribution < -0.4 is 5.32 Å². The molecule has 0 aromatic carbocycles. The summed E-state index contributed by atoms with van der Waals surface area (Å²) in [7, 11) is 1.68. The van der Waals surface area contributed by atoms with Crippen LogP contribution in [0.15, 0.2) is 0 Å². The molecular formula is C10H18N2O3. The Hall–Kier alpha value is -0.650. The van der Waals surface area contributed by atoms with Gasteiger partial charge in [0.15, 0.2) is 0 Å². The van der Waals surface area contributed by atoms with E-state index in [2.05, 4.69) is 5.32 Å². The third-order valence-corrected chi connectivity index (χ3v) is 3.20. The molecule has 0 aliphatic carbocycles. The predicted octanol–water partition coefficient (Wildman–Crippen LogP) is -1.04. The molecule has 2 saturated heterocycles. The number of likely N-dealkylation sites (tertiary alicyclic amines) is 1. The molecule has 15 heavy (non-hydrogen) atoms. The molecule has 5 nitrogen and oxygen atoms in total. The molecule has 2 aliphatic rings. The number of rotatable bonds is 2. The van der Waals surface area contributed by atoms with Gasteiger partial charge < -0.3 is 20.1 Å². The number of ether oxygens (including phenoxy) is 1. The number of aliphatic hydroxyl groups excluding tert-OH is 1. The maximum atomic E-state index is 12.0. The van der Waals surface area contributed by atoms with Crippen molar-refractivity contribution in [3.8, 4) is 0 Å². The van der Waals surface area contributed by atoms with Crippen molar-refractivity contribution < 1.29 is 14.6 Å². The standard InChI is InChI=1S/C10H18N2O3/c1-15-8-2-3-12(6-8)10(14)9-4-7(13)5-11-9/h7-9,11,13H,2-6H2,1H3. The summed E-state index contributed by atoms with van der Waals surface area (Å²) in [5.74, 6) is 0.103. The van der Waals surface area contributed by atoms with Crippen molar-refractivity contribution in [2.45, 2.75) is 31.1 Å². The van der Waals surface area contributed by atoms with Crippen LogP contribution in [0, 0.1) is 0 Å². The zero-order valence-electron chi connectivity index (χ0n) is 8.98. The molecule has 0 aromatic heterocycles. The van der Waals surface area contributed by atoms with Gasteiger partial charge in [-0.1, -0.05) is 0 Å². The minimum Gasteiger partial charge on any atom is -0.392 e. The van der Waals surface area contributed by atoms with E-state index in [-0.39, 0.29) is 24.2 Å². The van der Waals surface area contributed by atoms with E-state index < -0.39 is 0 Å². The van der Waals surface area contributed by atoms with Gasteiger partial charge in [-0.15, -0.1) is 0 Å². The summed E-state index contributed by atoms with van der Waals surface area (Å²) in [6.45, 7) is 1.98. The molecule has 2 aliphatic heterocycles. The van der Waals surface area contributed by atoms with Crippen molar-refractivity contribution in [3.05, 3.63) is 0 Å². The molecule has 3 atom stereocenters. The number of hydrogen-bond acceptors (Lipinski definition) is 4. The SMILES string of the molecule is COC1CCN(C(=O)C2CC(O)CN2)C1. The second-order valence-corrected chi connectivity index (χ2v) is 4.28. The van der Waals surface area contributed by atoms with Crippen LogP contribution in [0.4, 0.5) is 0 Å². The van der Waals surface area contributed by atoms with Crippen LogP contribution in [-0.4, -0.2) is 60.9 Å². The fourth-order valence-corrected chi connectivity index (χ4v) is 2.25. The maximum absolute atomic E-state index is 12.0. The number of nitrogens with zero attached hydrogens (tertiary/aromatic N) is 1. The normalized spacial score (nSPS) is 36.1. The quantitative estimate of drug-likeness (QED) is 0.616. The number of carbonyl (C=O) groups excluding carboxylic acids is 1. The molecule has 5 heteroatoms. The van der Waals surface area contributed by atoms with Crippen LogP contribution >= 0.6 is 0 Å². The van der Waals surface area contributed by atoms with Crippen molar-refractivity contribution in [2.75, 3.05) is 26.7 Å². The molecular weight excluding hydrogens is 196 g/mol. The van der Waals surface area contributed by atoms with Crippen molar-refractivity contribution in [1.29, 1.82) is 0 Å². The summed E-state index contributed by atoms with van der Waals surface area (Å²) in [6.07, 6.45) is 1.25. The van der Waals surface area contributed by atoms with Gasteiger partial charge in [-0.3, -0.25) is 4.79 Å². The summed E-state index contributed by atoms with van der Waals surface area (Å²) < 4.78 is 5.21. The molecule has 0 aromatic rings. The second-order valence-electron chi connectivity index (χ2n) is 4.28. The van der Waals surface area contributed by atoms with Gasteiger partial charge in [-0.2, -0.15) is 0 Å². The maximum Gasteiger partial charge on any atom is 0.239 e. The molecule has 0 spiro atoms. The third-order valence-electron chi connectivity index (χ3n) is 3.20. The van der Waals surface area contributed by atoms with Crippen molar-refractivity contribution in [2.24, 2.45) is 0 Å². The number of nitrogens with one attached hydrogen (secondary N) is 1. The van der Waals surface area contributed by atoms with E-state index in [0.29, 0.717) is 19.5 Å². The van der Waals surface area contributed by atoms with Crippen LogP contribution in [0.5, 0.6) is 0 Å². The Labute approximate surface area is 89.4 Å². The van der Waals surface area contributed by atoms with Crippen molar-refractivity contribution >= 4 is 5.91 Å². The minimum absolute atomic E-state index is 0.103. The highest BCUT2D eigenvalue weighted by Crippen LogP contribution is 2.16. The van der Waals surface area contributed by atoms with Crippen molar-refractivity contribution in [1.82, 2.24) is 10.2 Å². The molecule has 2 heterocycles. The first-order chi connectivity index (χ1) is 7.20. The van der Waals surface area contributed by atoms with Gasteiger partial charge in [0.05, 0.1) is 18.2 Å². The first-order valence-electron chi connectivity index (χ1n) is 5.43. The van der Waals surface area contributed by atoms with Crippen LogP contribution in [0.1, 0.15) is 12.8 Å². The number of hydrogen-bond donors (Lipinski definition) is 2. The summed E-state index contributed by atoms with van der Waals surface area (Å²) in [6, 6.07) is -0.199. The summed E-state index contributed by atoms with van der Waals surface area (Å²) in [5.41, 5.74) is 0. The summed E-state index contributed by atoms with van der Waals surface area (Å²) in [4.78, 5) is 13.8. The zero-order chi connectivity index (χ0) is 10.8. The lowest BCUT2D eigenvalue weighted by Crippen LogP contribution is -2.42. The zero-order valence-corrected chi connectivity index (χ0v) is 8.98. The summed E-state index contributed by atoms with van der Waals surface area (Å²) >= 11 is 0. The second kappa shape index (κ2) is 4.47. The van der Waals surface area contributed by atoms with E-state index in [1.807, 2.05) is 4.90 Å². The third kappa shape index (κ3) is 2.30. The van der Waals surface area contributed by atoms with E-state index >= 15 is 0 Å². The van der Waals surface area contributed by atoms with E-state index in [1.54, 1.807) is 7.11 Å². The highest BCUT2D eigenvalue weighted by Gasteiger charge is 2.34. The van der Waals surface area contributed by atoms with Crippen LogP contribution in [-0.2, 0) is 9.53 Å². The van der Waals surface area contributed by atoms with E-state index in [4.69, 9.17) is 4.74 Å². The average Bonchev–Trinajstić information content (AvgIpc) is 2.84. The smallest absolute Gasteiger partial charge is 0.239 e. The Bertz CT molecular complexity index is 247. The first kappa shape index (κ1) is 10.9. The van der Waals surface area contributed by atoms with Gasteiger partial charge in [0, 0.05) is 26.7 Å². The number of aliphatic hydroxyl groups is 1. The van der Waals surface area contributed by atoms with Gasteiger partial charge >= 0.3 is 0 Å². The fraction of sp³-hybridized carbons (Fsp3) is 0.900. The fourth-order valence-electron chi connectivity index (χ4n) is 2.25. The average molecular weight is 214 g/mol. The largest absolute Gasteiger partial charge is 0.392 e. The lowest BCUT2D eigenvalue weighted by Gasteiger charge is -2.20. The van der Waals surface area contributed by atoms with Gasteiger partial charge in [0.2, 0.25) is 5.91 Å². The Morgan fingerprint density at radius 1 is 1.60 bits per heavy atom. The number of β-amino-alcohol motifs (C(OH)–C–C–N with tert-alkyl or cyclic N) is 1. The molecule has 86 valence electrons. The van der Waals surface area contributed by atoms with Gasteiger partial charge in [0.25, 0.3) is 0 Å². The van der Waals surface area contributed by atoms with Crippen molar-refractivity contribution in [3.63, 3.8) is 0 Å². The van der Waals surface area contributed by atoms with Gasteiger partial charge in [-0.05, 0) is 12.8 Å². The lowest BCUT2D eigenvalue weighted by molar-refractivity contribution is -0.132. The van der Waals surface area contributed by atoms with Gasteiger partial charge in [-0.25, -0.2) is 0 Å². The molecule has 0 bridgehead atoms. The molecule has 2 fully saturated rings. The topological polar surface area (TPSA) is 61.8 Å². The highest BCUT2D eigenvalue weighted by molar-refractivity contribution is 5.82. The molecule has 3 unspecified atom stereocenters. The van der Waals surface area contributed by atoms with E-state index in [1.165, 1.54) is 0 Å². The highest BCUT2D eigenvalue weighted by atomic mass is 16.5. The number of carbonyl (C=O) groups is 1. The molecule has 2 N–H and O–H groups in total. The predicted molar refractivity (Wildman–Crippen MR) is 54.4 cm³/mol. The molecule has 0 radical (unpaired) electrons. The van der Waals surface area contributed by atoms with Gasteiger partial charge in [0.1, 0.15) is 0 Å². The molecule has 1 amide bonds. The Morgan fingerprint density at radius 2 is 2.40 bits per heavy atom. The lowest BCUT2D eigenvalue weighted by atomic mass is 10.2. The Morgan fingerprint density at radius 3 is 2.93 bits per heavy atom. The number of amides is 1. The first-order valence-corrected chi connectivity index (χ1v) is 5.43. The molecule has 2 rings (SSSR count). The van der Waals surface area contributed by atoms with E-state index in [9.17, 15) is 9.90 Å². The monoisotopic (exact) mass is 214 g/mol. The van der Waals surface area contributed by atoms with Crippen LogP contribution in [0.3, 0.4) is 0 Å². The Balaban J connectivity index is 1.86. The Kier molecular flexibility index (Phi) is 3.23. The minimum atomic E-state index is -0.375. The summed E-state index contributed by atoms with van der Waals surface area (Å²) in [5, 5.41) is 12.4. The van der Waals surface area contributed by atoms with Crippen LogP contribution in [0.2, 0.25) is 0 Å². The van der Waals surface area contributed by atoms with Crippen LogP contribution in [0.25, 0.3) is 0 Å². The number of methoxy groups -OCH3 is 1.